The first-order valence-electron chi connectivity index (χ1n) is 6.22. The van der Waals surface area contributed by atoms with Crippen LogP contribution in [0.15, 0.2) is 11.0 Å². The molecule has 1 aliphatic heterocycles. The van der Waals surface area contributed by atoms with Crippen LogP contribution in [0.2, 0.25) is 5.02 Å². The molecule has 1 aromatic heterocycles. The molecular weight excluding hydrogens is 252 g/mol. The summed E-state index contributed by atoms with van der Waals surface area (Å²) in [7, 11) is 3.73. The van der Waals surface area contributed by atoms with E-state index in [1.54, 1.807) is 13.2 Å². The van der Waals surface area contributed by atoms with Gasteiger partial charge in [-0.2, -0.15) is 5.10 Å². The van der Waals surface area contributed by atoms with E-state index >= 15 is 0 Å². The van der Waals surface area contributed by atoms with Crippen molar-refractivity contribution in [3.05, 3.63) is 21.6 Å². The first kappa shape index (κ1) is 13.4. The van der Waals surface area contributed by atoms with E-state index in [1.807, 2.05) is 0 Å². The molecule has 18 heavy (non-hydrogen) atoms. The summed E-state index contributed by atoms with van der Waals surface area (Å²) in [6.07, 6.45) is 4.05. The first-order chi connectivity index (χ1) is 8.58. The summed E-state index contributed by atoms with van der Waals surface area (Å²) >= 11 is 6.00. The molecule has 1 atom stereocenters. The third-order valence-corrected chi connectivity index (χ3v) is 3.75. The van der Waals surface area contributed by atoms with Gasteiger partial charge in [-0.25, -0.2) is 4.68 Å². The van der Waals surface area contributed by atoms with Crippen LogP contribution >= 0.6 is 11.6 Å². The maximum absolute atomic E-state index is 11.6. The van der Waals surface area contributed by atoms with Crippen molar-refractivity contribution < 1.29 is 0 Å². The SMILES string of the molecule is CN1CCCC(CNc2cnn(C)c(=O)c2Cl)C1. The Balaban J connectivity index is 1.98. The van der Waals surface area contributed by atoms with Crippen LogP contribution in [0.25, 0.3) is 0 Å². The number of hydrogen-bond acceptors (Lipinski definition) is 4. The minimum atomic E-state index is -0.262. The van der Waals surface area contributed by atoms with Gasteiger partial charge in [0.2, 0.25) is 0 Å². The van der Waals surface area contributed by atoms with E-state index in [0.717, 1.165) is 13.1 Å². The molecule has 0 radical (unpaired) electrons. The van der Waals surface area contributed by atoms with Crippen LogP contribution in [0.3, 0.4) is 0 Å². The summed E-state index contributed by atoms with van der Waals surface area (Å²) in [5.41, 5.74) is 0.371. The van der Waals surface area contributed by atoms with E-state index in [4.69, 9.17) is 11.6 Å². The Morgan fingerprint density at radius 1 is 1.56 bits per heavy atom. The largest absolute Gasteiger partial charge is 0.382 e. The summed E-state index contributed by atoms with van der Waals surface area (Å²) in [5.74, 6) is 0.601. The van der Waals surface area contributed by atoms with Crippen molar-refractivity contribution in [3.63, 3.8) is 0 Å². The number of aryl methyl sites for hydroxylation is 1. The van der Waals surface area contributed by atoms with Gasteiger partial charge in [0.1, 0.15) is 5.02 Å². The maximum atomic E-state index is 11.6. The molecule has 5 nitrogen and oxygen atoms in total. The van der Waals surface area contributed by atoms with Gasteiger partial charge in [-0.15, -0.1) is 0 Å². The molecule has 6 heteroatoms. The first-order valence-corrected chi connectivity index (χ1v) is 6.60. The maximum Gasteiger partial charge on any atom is 0.287 e. The Labute approximate surface area is 112 Å². The number of halogens is 1. The molecule has 1 N–H and O–H groups in total. The molecule has 1 unspecified atom stereocenters. The fraction of sp³-hybridized carbons (Fsp3) is 0.667. The van der Waals surface area contributed by atoms with Crippen molar-refractivity contribution in [3.8, 4) is 0 Å². The number of aromatic nitrogens is 2. The molecule has 0 aliphatic carbocycles. The molecule has 1 aromatic rings. The van der Waals surface area contributed by atoms with E-state index in [-0.39, 0.29) is 10.6 Å². The summed E-state index contributed by atoms with van der Waals surface area (Å²) < 4.78 is 1.24. The molecule has 0 saturated carbocycles. The average molecular weight is 271 g/mol. The van der Waals surface area contributed by atoms with Gasteiger partial charge in [-0.3, -0.25) is 4.79 Å². The summed E-state index contributed by atoms with van der Waals surface area (Å²) in [6, 6.07) is 0. The third kappa shape index (κ3) is 3.03. The van der Waals surface area contributed by atoms with Crippen molar-refractivity contribution >= 4 is 17.3 Å². The lowest BCUT2D eigenvalue weighted by atomic mass is 9.98. The number of nitrogens with zero attached hydrogens (tertiary/aromatic N) is 3. The van der Waals surface area contributed by atoms with Gasteiger partial charge >= 0.3 is 0 Å². The van der Waals surface area contributed by atoms with Gasteiger partial charge in [0.25, 0.3) is 5.56 Å². The molecule has 0 aromatic carbocycles. The van der Waals surface area contributed by atoms with Gasteiger partial charge in [0, 0.05) is 20.1 Å². The molecule has 1 fully saturated rings. The van der Waals surface area contributed by atoms with E-state index < -0.39 is 0 Å². The number of likely N-dealkylation sites (tertiary alicyclic amines) is 1. The molecule has 0 spiro atoms. The second kappa shape index (κ2) is 5.71. The zero-order valence-electron chi connectivity index (χ0n) is 10.8. The average Bonchev–Trinajstić information content (AvgIpc) is 2.35. The summed E-state index contributed by atoms with van der Waals surface area (Å²) in [5, 5.41) is 7.42. The molecular formula is C12H19ClN4O. The predicted molar refractivity (Wildman–Crippen MR) is 73.2 cm³/mol. The van der Waals surface area contributed by atoms with Crippen LogP contribution in [0.1, 0.15) is 12.8 Å². The van der Waals surface area contributed by atoms with Crippen LogP contribution < -0.4 is 10.9 Å². The van der Waals surface area contributed by atoms with E-state index in [1.165, 1.54) is 24.1 Å². The van der Waals surface area contributed by atoms with Gasteiger partial charge in [0.05, 0.1) is 11.9 Å². The quantitative estimate of drug-likeness (QED) is 0.896. The lowest BCUT2D eigenvalue weighted by Gasteiger charge is -2.29. The molecule has 100 valence electrons. The van der Waals surface area contributed by atoms with Crippen LogP contribution in [0, 0.1) is 5.92 Å². The normalized spacial score (nSPS) is 20.9. The third-order valence-electron chi connectivity index (χ3n) is 3.38. The molecule has 2 heterocycles. The van der Waals surface area contributed by atoms with Gasteiger partial charge in [-0.1, -0.05) is 11.6 Å². The highest BCUT2D eigenvalue weighted by molar-refractivity contribution is 6.32. The standard InChI is InChI=1S/C12H19ClN4O/c1-16-5-3-4-9(8-16)6-14-10-7-15-17(2)12(18)11(10)13/h7,9,14H,3-6,8H2,1-2H3. The zero-order valence-corrected chi connectivity index (χ0v) is 11.6. The fourth-order valence-electron chi connectivity index (χ4n) is 2.33. The second-order valence-electron chi connectivity index (χ2n) is 4.95. The van der Waals surface area contributed by atoms with E-state index in [0.29, 0.717) is 11.6 Å². The van der Waals surface area contributed by atoms with Crippen molar-refractivity contribution in [1.29, 1.82) is 0 Å². The Kier molecular flexibility index (Phi) is 4.24. The summed E-state index contributed by atoms with van der Waals surface area (Å²) in [4.78, 5) is 13.9. The minimum Gasteiger partial charge on any atom is -0.382 e. The highest BCUT2D eigenvalue weighted by atomic mass is 35.5. The van der Waals surface area contributed by atoms with Gasteiger partial charge < -0.3 is 10.2 Å². The van der Waals surface area contributed by atoms with Crippen LogP contribution in [-0.4, -0.2) is 41.4 Å². The van der Waals surface area contributed by atoms with Gasteiger partial charge in [-0.05, 0) is 32.4 Å². The number of hydrogen-bond donors (Lipinski definition) is 1. The van der Waals surface area contributed by atoms with Crippen LogP contribution in [0.4, 0.5) is 5.69 Å². The topological polar surface area (TPSA) is 50.2 Å². The van der Waals surface area contributed by atoms with Gasteiger partial charge in [0.15, 0.2) is 0 Å². The second-order valence-corrected chi connectivity index (χ2v) is 5.33. The zero-order chi connectivity index (χ0) is 13.1. The van der Waals surface area contributed by atoms with Crippen molar-refractivity contribution in [2.24, 2.45) is 13.0 Å². The number of anilines is 1. The molecule has 1 saturated heterocycles. The van der Waals surface area contributed by atoms with E-state index in [2.05, 4.69) is 22.4 Å². The smallest absolute Gasteiger partial charge is 0.287 e. The summed E-state index contributed by atoms with van der Waals surface area (Å²) in [6.45, 7) is 3.09. The predicted octanol–water partition coefficient (Wildman–Crippen LogP) is 1.19. The monoisotopic (exact) mass is 270 g/mol. The Hall–Kier alpha value is -1.07. The number of piperidine rings is 1. The van der Waals surface area contributed by atoms with Crippen molar-refractivity contribution in [2.75, 3.05) is 32.0 Å². The number of rotatable bonds is 3. The molecule has 1 aliphatic rings. The lowest BCUT2D eigenvalue weighted by molar-refractivity contribution is 0.217. The van der Waals surface area contributed by atoms with Crippen LogP contribution in [-0.2, 0) is 7.05 Å². The fourth-order valence-corrected chi connectivity index (χ4v) is 2.57. The van der Waals surface area contributed by atoms with Crippen molar-refractivity contribution in [2.45, 2.75) is 12.8 Å². The molecule has 0 bridgehead atoms. The minimum absolute atomic E-state index is 0.219. The Bertz CT molecular complexity index is 474. The van der Waals surface area contributed by atoms with Crippen LogP contribution in [0.5, 0.6) is 0 Å². The van der Waals surface area contributed by atoms with E-state index in [9.17, 15) is 4.79 Å². The molecule has 0 amide bonds. The highest BCUT2D eigenvalue weighted by Crippen LogP contribution is 2.19. The number of nitrogens with one attached hydrogen (secondary N) is 1. The highest BCUT2D eigenvalue weighted by Gasteiger charge is 2.17. The molecule has 2 rings (SSSR count). The Morgan fingerprint density at radius 2 is 2.33 bits per heavy atom. The van der Waals surface area contributed by atoms with Crippen molar-refractivity contribution in [1.82, 2.24) is 14.7 Å². The lowest BCUT2D eigenvalue weighted by Crippen LogP contribution is -2.35. The Morgan fingerprint density at radius 3 is 3.06 bits per heavy atom.